The maximum absolute atomic E-state index is 12.6. The Morgan fingerprint density at radius 2 is 1.73 bits per heavy atom. The van der Waals surface area contributed by atoms with Crippen LogP contribution in [0.4, 0.5) is 14.5 Å². The van der Waals surface area contributed by atoms with E-state index in [-0.39, 0.29) is 5.69 Å². The minimum Gasteiger partial charge on any atom is -0.481 e. The molecule has 0 bridgehead atoms. The molecule has 6 heteroatoms. The van der Waals surface area contributed by atoms with Gasteiger partial charge in [0.25, 0.3) is 0 Å². The zero-order valence-corrected chi connectivity index (χ0v) is 7.46. The molecule has 1 aromatic rings. The number of carbonyl (C=O) groups excluding carboxylic acids is 1. The Kier molecular flexibility index (Phi) is 3.33. The first-order chi connectivity index (χ1) is 6.97. The molecular weight excluding hydrogens is 208 g/mol. The summed E-state index contributed by atoms with van der Waals surface area (Å²) in [5.74, 6) is -3.85. The quantitative estimate of drug-likeness (QED) is 0.748. The Balaban J connectivity index is 2.72. The van der Waals surface area contributed by atoms with Gasteiger partial charge in [-0.15, -0.1) is 0 Å². The molecule has 0 fully saturated rings. The Labute approximate surface area is 83.5 Å². The third-order valence-electron chi connectivity index (χ3n) is 1.46. The normalized spacial score (nSPS) is 9.73. The van der Waals surface area contributed by atoms with Gasteiger partial charge in [-0.3, -0.25) is 9.59 Å². The number of rotatable bonds is 3. The molecule has 0 aliphatic carbocycles. The van der Waals surface area contributed by atoms with Gasteiger partial charge in [-0.1, -0.05) is 0 Å². The second-order valence-corrected chi connectivity index (χ2v) is 2.78. The highest BCUT2D eigenvalue weighted by atomic mass is 19.1. The molecule has 0 saturated carbocycles. The second kappa shape index (κ2) is 4.50. The van der Waals surface area contributed by atoms with Gasteiger partial charge >= 0.3 is 5.97 Å². The fourth-order valence-corrected chi connectivity index (χ4v) is 0.969. The molecule has 0 unspecified atom stereocenters. The number of hydrogen-bond donors (Lipinski definition) is 2. The molecule has 1 amide bonds. The number of nitrogens with one attached hydrogen (secondary N) is 1. The number of benzene rings is 1. The molecule has 0 aliphatic heterocycles. The lowest BCUT2D eigenvalue weighted by Crippen LogP contribution is -2.16. The van der Waals surface area contributed by atoms with Crippen molar-refractivity contribution in [2.75, 3.05) is 5.32 Å². The third-order valence-corrected chi connectivity index (χ3v) is 1.46. The number of amides is 1. The summed E-state index contributed by atoms with van der Waals surface area (Å²) in [6.07, 6.45) is -0.752. The van der Waals surface area contributed by atoms with E-state index in [9.17, 15) is 18.4 Å². The number of carboxylic acid groups (broad SMARTS) is 1. The van der Waals surface area contributed by atoms with Gasteiger partial charge < -0.3 is 10.4 Å². The van der Waals surface area contributed by atoms with Crippen LogP contribution < -0.4 is 5.32 Å². The van der Waals surface area contributed by atoms with Gasteiger partial charge in [0, 0.05) is 11.8 Å². The van der Waals surface area contributed by atoms with Gasteiger partial charge in [0.2, 0.25) is 5.91 Å². The van der Waals surface area contributed by atoms with E-state index in [0.29, 0.717) is 6.07 Å². The van der Waals surface area contributed by atoms with Crippen molar-refractivity contribution in [2.24, 2.45) is 0 Å². The van der Waals surface area contributed by atoms with E-state index in [4.69, 9.17) is 5.11 Å². The maximum atomic E-state index is 12.6. The highest BCUT2D eigenvalue weighted by Gasteiger charge is 2.08. The van der Waals surface area contributed by atoms with Crippen molar-refractivity contribution in [3.8, 4) is 0 Å². The zero-order chi connectivity index (χ0) is 11.4. The fourth-order valence-electron chi connectivity index (χ4n) is 0.969. The lowest BCUT2D eigenvalue weighted by molar-refractivity contribution is -0.139. The molecule has 0 aliphatic rings. The van der Waals surface area contributed by atoms with Gasteiger partial charge in [0.15, 0.2) is 0 Å². The lowest BCUT2D eigenvalue weighted by Gasteiger charge is -2.03. The molecule has 0 spiro atoms. The number of hydrogen-bond acceptors (Lipinski definition) is 2. The number of aliphatic carboxylic acids is 1. The summed E-state index contributed by atoms with van der Waals surface area (Å²) < 4.78 is 25.3. The topological polar surface area (TPSA) is 66.4 Å². The molecule has 4 nitrogen and oxygen atoms in total. The van der Waals surface area contributed by atoms with Crippen molar-refractivity contribution in [3.05, 3.63) is 29.8 Å². The summed E-state index contributed by atoms with van der Waals surface area (Å²) >= 11 is 0. The molecule has 0 saturated heterocycles. The van der Waals surface area contributed by atoms with Gasteiger partial charge in [-0.05, 0) is 12.1 Å². The van der Waals surface area contributed by atoms with Gasteiger partial charge in [-0.25, -0.2) is 8.78 Å². The van der Waals surface area contributed by atoms with E-state index in [2.05, 4.69) is 5.32 Å². The van der Waals surface area contributed by atoms with Crippen LogP contribution in [0.1, 0.15) is 6.42 Å². The van der Waals surface area contributed by atoms with Crippen LogP contribution in [-0.2, 0) is 9.59 Å². The summed E-state index contributed by atoms with van der Waals surface area (Å²) in [4.78, 5) is 21.0. The van der Waals surface area contributed by atoms with E-state index in [1.165, 1.54) is 0 Å². The highest BCUT2D eigenvalue weighted by Crippen LogP contribution is 2.12. The molecule has 1 rings (SSSR count). The van der Waals surface area contributed by atoms with E-state index < -0.39 is 29.9 Å². The largest absolute Gasteiger partial charge is 0.481 e. The summed E-state index contributed by atoms with van der Waals surface area (Å²) in [6, 6.07) is 2.43. The third kappa shape index (κ3) is 3.72. The van der Waals surface area contributed by atoms with Crippen molar-refractivity contribution in [1.82, 2.24) is 0 Å². The van der Waals surface area contributed by atoms with E-state index >= 15 is 0 Å². The van der Waals surface area contributed by atoms with Crippen LogP contribution in [0.15, 0.2) is 18.2 Å². The van der Waals surface area contributed by atoms with Gasteiger partial charge in [0.05, 0.1) is 0 Å². The van der Waals surface area contributed by atoms with Crippen molar-refractivity contribution < 1.29 is 23.5 Å². The van der Waals surface area contributed by atoms with Crippen molar-refractivity contribution in [1.29, 1.82) is 0 Å². The monoisotopic (exact) mass is 215 g/mol. The first-order valence-corrected chi connectivity index (χ1v) is 3.95. The number of carboxylic acids is 1. The van der Waals surface area contributed by atoms with Crippen LogP contribution in [0.3, 0.4) is 0 Å². The smallest absolute Gasteiger partial charge is 0.312 e. The lowest BCUT2D eigenvalue weighted by atomic mass is 10.3. The average molecular weight is 215 g/mol. The molecule has 1 aromatic carbocycles. The number of halogens is 2. The SMILES string of the molecule is O=C(O)CC(=O)Nc1cc(F)cc(F)c1. The molecule has 2 N–H and O–H groups in total. The van der Waals surface area contributed by atoms with Crippen LogP contribution in [0, 0.1) is 11.6 Å². The predicted octanol–water partition coefficient (Wildman–Crippen LogP) is 1.38. The highest BCUT2D eigenvalue weighted by molar-refractivity contribution is 6.01. The van der Waals surface area contributed by atoms with Crippen LogP contribution in [0.2, 0.25) is 0 Å². The summed E-state index contributed by atoms with van der Waals surface area (Å²) in [6.45, 7) is 0. The fraction of sp³-hybridized carbons (Fsp3) is 0.111. The van der Waals surface area contributed by atoms with Crippen LogP contribution in [0.25, 0.3) is 0 Å². The minimum absolute atomic E-state index is 0.112. The first-order valence-electron chi connectivity index (χ1n) is 3.95. The Bertz CT molecular complexity index is 386. The van der Waals surface area contributed by atoms with Gasteiger partial charge in [0.1, 0.15) is 18.1 Å². The average Bonchev–Trinajstić information content (AvgIpc) is 1.98. The first kappa shape index (κ1) is 11.1. The molecule has 0 radical (unpaired) electrons. The minimum atomic E-state index is -1.32. The Morgan fingerprint density at radius 1 is 1.20 bits per heavy atom. The standard InChI is InChI=1S/C9H7F2NO3/c10-5-1-6(11)3-7(2-5)12-8(13)4-9(14)15/h1-3H,4H2,(H,12,13)(H,14,15). The second-order valence-electron chi connectivity index (χ2n) is 2.78. The molecule has 0 heterocycles. The molecule has 15 heavy (non-hydrogen) atoms. The van der Waals surface area contributed by atoms with E-state index in [0.717, 1.165) is 12.1 Å². The molecule has 0 atom stereocenters. The molecular formula is C9H7F2NO3. The Hall–Kier alpha value is -1.98. The molecule has 80 valence electrons. The van der Waals surface area contributed by atoms with Crippen LogP contribution >= 0.6 is 0 Å². The van der Waals surface area contributed by atoms with Crippen LogP contribution in [-0.4, -0.2) is 17.0 Å². The van der Waals surface area contributed by atoms with E-state index in [1.807, 2.05) is 0 Å². The summed E-state index contributed by atoms with van der Waals surface area (Å²) in [7, 11) is 0. The van der Waals surface area contributed by atoms with Gasteiger partial charge in [-0.2, -0.15) is 0 Å². The Morgan fingerprint density at radius 3 is 2.20 bits per heavy atom. The summed E-state index contributed by atoms with van der Waals surface area (Å²) in [5.41, 5.74) is -0.112. The zero-order valence-electron chi connectivity index (χ0n) is 7.46. The van der Waals surface area contributed by atoms with Crippen molar-refractivity contribution >= 4 is 17.6 Å². The number of carbonyl (C=O) groups is 2. The number of anilines is 1. The predicted molar refractivity (Wildman–Crippen MR) is 47.2 cm³/mol. The van der Waals surface area contributed by atoms with E-state index in [1.54, 1.807) is 0 Å². The van der Waals surface area contributed by atoms with Crippen LogP contribution in [0.5, 0.6) is 0 Å². The molecule has 0 aromatic heterocycles. The van der Waals surface area contributed by atoms with Crippen molar-refractivity contribution in [2.45, 2.75) is 6.42 Å². The maximum Gasteiger partial charge on any atom is 0.312 e. The van der Waals surface area contributed by atoms with Crippen molar-refractivity contribution in [3.63, 3.8) is 0 Å². The summed E-state index contributed by atoms with van der Waals surface area (Å²) in [5, 5.41) is 10.3.